The number of H-pyrrole nitrogens is 1. The number of fused-ring (bicyclic) bond motifs is 2. The van der Waals surface area contributed by atoms with Crippen LogP contribution in [0.2, 0.25) is 0 Å². The molecule has 0 fully saturated rings. The van der Waals surface area contributed by atoms with Crippen molar-refractivity contribution in [1.29, 1.82) is 0 Å². The zero-order valence-corrected chi connectivity index (χ0v) is 26.9. The Labute approximate surface area is 261 Å². The second kappa shape index (κ2) is 12.3. The maximum atomic E-state index is 6.00. The molecule has 6 rings (SSSR count). The molecule has 0 amide bonds. The van der Waals surface area contributed by atoms with Gasteiger partial charge in [-0.15, -0.1) is 10.2 Å². The van der Waals surface area contributed by atoms with Gasteiger partial charge in [-0.2, -0.15) is 5.21 Å². The van der Waals surface area contributed by atoms with Gasteiger partial charge in [-0.1, -0.05) is 106 Å². The summed E-state index contributed by atoms with van der Waals surface area (Å²) in [6.45, 7) is 10.1. The number of benzene rings is 4. The van der Waals surface area contributed by atoms with Crippen LogP contribution in [0.3, 0.4) is 0 Å². The first kappa shape index (κ1) is 29.1. The van der Waals surface area contributed by atoms with Gasteiger partial charge in [0, 0.05) is 17.4 Å². The summed E-state index contributed by atoms with van der Waals surface area (Å²) in [5, 5.41) is 17.7. The molecule has 43 heavy (non-hydrogen) atoms. The maximum absolute atomic E-state index is 6.00. The van der Waals surface area contributed by atoms with Crippen LogP contribution in [0.5, 0.6) is 5.75 Å². The fraction of sp³-hybridized carbons (Fsp3) is 0.306. The normalized spacial score (nSPS) is 11.9. The lowest BCUT2D eigenvalue weighted by Gasteiger charge is -2.20. The molecule has 7 heteroatoms. The van der Waals surface area contributed by atoms with Crippen molar-refractivity contribution in [2.24, 2.45) is 0 Å². The summed E-state index contributed by atoms with van der Waals surface area (Å²) in [5.41, 5.74) is 8.07. The zero-order chi connectivity index (χ0) is 30.0. The van der Waals surface area contributed by atoms with Crippen LogP contribution in [0.1, 0.15) is 69.5 Å². The Hall–Kier alpha value is -3.97. The van der Waals surface area contributed by atoms with E-state index in [1.165, 1.54) is 58.1 Å². The second-order valence-corrected chi connectivity index (χ2v) is 13.1. The molecule has 220 valence electrons. The molecule has 0 aliphatic heterocycles. The lowest BCUT2D eigenvalue weighted by atomic mass is 9.87. The fourth-order valence-corrected chi connectivity index (χ4v) is 6.49. The third kappa shape index (κ3) is 6.09. The summed E-state index contributed by atoms with van der Waals surface area (Å²) >= 11 is 3.80. The molecule has 1 N–H and O–H groups in total. The summed E-state index contributed by atoms with van der Waals surface area (Å²) in [4.78, 5) is 0. The summed E-state index contributed by atoms with van der Waals surface area (Å²) < 4.78 is 9.45. The number of ether oxygens (including phenoxy) is 1. The van der Waals surface area contributed by atoms with Crippen LogP contribution in [-0.2, 0) is 25.0 Å². The summed E-state index contributed by atoms with van der Waals surface area (Å²) in [7, 11) is 0. The molecule has 0 saturated heterocycles. The Bertz CT molecular complexity index is 1850. The second-order valence-electron chi connectivity index (χ2n) is 12.3. The van der Waals surface area contributed by atoms with Gasteiger partial charge in [0.1, 0.15) is 5.75 Å². The van der Waals surface area contributed by atoms with Crippen molar-refractivity contribution in [2.75, 3.05) is 0 Å². The van der Waals surface area contributed by atoms with E-state index in [1.807, 2.05) is 6.07 Å². The molecule has 0 atom stereocenters. The highest BCUT2D eigenvalue weighted by molar-refractivity contribution is 9.10. The number of aromatic nitrogens is 5. The van der Waals surface area contributed by atoms with Gasteiger partial charge in [0.15, 0.2) is 6.61 Å². The summed E-state index contributed by atoms with van der Waals surface area (Å²) in [5.74, 6) is 1.26. The quantitative estimate of drug-likeness (QED) is 0.152. The number of aryl methyl sites for hydroxylation is 1. The molecule has 0 radical (unpaired) electrons. The zero-order valence-electron chi connectivity index (χ0n) is 25.3. The van der Waals surface area contributed by atoms with E-state index in [9.17, 15) is 0 Å². The van der Waals surface area contributed by atoms with E-state index in [1.54, 1.807) is 0 Å². The van der Waals surface area contributed by atoms with E-state index in [0.717, 1.165) is 34.0 Å². The van der Waals surface area contributed by atoms with Crippen molar-refractivity contribution in [2.45, 2.75) is 71.9 Å². The first-order chi connectivity index (χ1) is 20.8. The number of hydrogen-bond donors (Lipinski definition) is 1. The molecule has 2 aromatic heterocycles. The third-order valence-corrected chi connectivity index (χ3v) is 9.02. The van der Waals surface area contributed by atoms with Crippen LogP contribution in [0.15, 0.2) is 83.3 Å². The van der Waals surface area contributed by atoms with E-state index in [4.69, 9.17) is 4.74 Å². The van der Waals surface area contributed by atoms with Crippen molar-refractivity contribution in [3.63, 3.8) is 0 Å². The minimum absolute atomic E-state index is 0.133. The smallest absolute Gasteiger partial charge is 0.211 e. The molecule has 6 aromatic rings. The molecule has 2 heterocycles. The lowest BCUT2D eigenvalue weighted by molar-refractivity contribution is 0.294. The number of aromatic amines is 1. The Morgan fingerprint density at radius 3 is 2.47 bits per heavy atom. The number of nitrogens with one attached hydrogen (secondary N) is 1. The highest BCUT2D eigenvalue weighted by Gasteiger charge is 2.20. The third-order valence-electron chi connectivity index (χ3n) is 8.20. The van der Waals surface area contributed by atoms with Crippen molar-refractivity contribution >= 4 is 37.6 Å². The standard InChI is InChI=1S/C36H38BrN5O/c1-5-6-7-11-30-29-10-8-9-12-31(29)42(22-24-13-17-27(18-14-24)36(2,3)4)35(30)26-15-19-28-25(21-26)16-20-32(34(28)37)43-23-33-38-40-41-39-33/h8-10,12-21H,5-7,11,22-23H2,1-4H3,(H,38,39,40,41). The number of hydrogen-bond acceptors (Lipinski definition) is 4. The fourth-order valence-electron chi connectivity index (χ4n) is 5.88. The van der Waals surface area contributed by atoms with Gasteiger partial charge < -0.3 is 9.30 Å². The van der Waals surface area contributed by atoms with Gasteiger partial charge in [-0.25, -0.2) is 0 Å². The predicted molar refractivity (Wildman–Crippen MR) is 179 cm³/mol. The minimum atomic E-state index is 0.133. The van der Waals surface area contributed by atoms with E-state index in [-0.39, 0.29) is 12.0 Å². The molecule has 0 saturated carbocycles. The van der Waals surface area contributed by atoms with E-state index in [0.29, 0.717) is 5.82 Å². The maximum Gasteiger partial charge on any atom is 0.211 e. The van der Waals surface area contributed by atoms with Gasteiger partial charge in [0.05, 0.1) is 10.2 Å². The Kier molecular flexibility index (Phi) is 8.35. The van der Waals surface area contributed by atoms with Gasteiger partial charge in [-0.05, 0) is 85.4 Å². The molecule has 0 spiro atoms. The number of unbranched alkanes of at least 4 members (excludes halogenated alkanes) is 2. The summed E-state index contributed by atoms with van der Waals surface area (Å²) in [6, 6.07) is 29.0. The number of nitrogens with zero attached hydrogens (tertiary/aromatic N) is 4. The lowest BCUT2D eigenvalue weighted by Crippen LogP contribution is -2.11. The Morgan fingerprint density at radius 2 is 1.72 bits per heavy atom. The van der Waals surface area contributed by atoms with Gasteiger partial charge in [-0.3, -0.25) is 0 Å². The van der Waals surface area contributed by atoms with Crippen LogP contribution in [0.4, 0.5) is 0 Å². The number of tetrazole rings is 1. The number of halogens is 1. The average Bonchev–Trinajstić information content (AvgIpc) is 3.63. The molecular weight excluding hydrogens is 598 g/mol. The molecule has 4 aromatic carbocycles. The van der Waals surface area contributed by atoms with Gasteiger partial charge >= 0.3 is 0 Å². The topological polar surface area (TPSA) is 68.6 Å². The van der Waals surface area contributed by atoms with Crippen LogP contribution in [0, 0.1) is 0 Å². The molecule has 0 bridgehead atoms. The number of para-hydroxylation sites is 1. The van der Waals surface area contributed by atoms with E-state index in [2.05, 4.69) is 142 Å². The molecular formula is C36H38BrN5O. The largest absolute Gasteiger partial charge is 0.484 e. The number of rotatable bonds is 10. The summed E-state index contributed by atoms with van der Waals surface area (Å²) in [6.07, 6.45) is 4.67. The molecule has 0 aliphatic rings. The van der Waals surface area contributed by atoms with Crippen LogP contribution in [0.25, 0.3) is 32.9 Å². The highest BCUT2D eigenvalue weighted by atomic mass is 79.9. The van der Waals surface area contributed by atoms with Crippen LogP contribution < -0.4 is 4.74 Å². The molecule has 0 unspecified atom stereocenters. The van der Waals surface area contributed by atoms with Crippen molar-refractivity contribution in [3.05, 3.63) is 106 Å². The SMILES string of the molecule is CCCCCc1c(-c2ccc3c(Br)c(OCc4nn[nH]n4)ccc3c2)n(Cc2ccc(C(C)(C)C)cc2)c2ccccc12. The van der Waals surface area contributed by atoms with Crippen LogP contribution >= 0.6 is 15.9 Å². The Morgan fingerprint density at radius 1 is 0.907 bits per heavy atom. The first-order valence-corrected chi connectivity index (χ1v) is 15.9. The molecule has 6 nitrogen and oxygen atoms in total. The molecule has 0 aliphatic carbocycles. The highest BCUT2D eigenvalue weighted by Crippen LogP contribution is 2.40. The van der Waals surface area contributed by atoms with E-state index < -0.39 is 0 Å². The monoisotopic (exact) mass is 635 g/mol. The first-order valence-electron chi connectivity index (χ1n) is 15.1. The van der Waals surface area contributed by atoms with Gasteiger partial charge in [0.2, 0.25) is 5.82 Å². The van der Waals surface area contributed by atoms with E-state index >= 15 is 0 Å². The minimum Gasteiger partial charge on any atom is -0.484 e. The average molecular weight is 637 g/mol. The Balaban J connectivity index is 1.44. The predicted octanol–water partition coefficient (Wildman–Crippen LogP) is 9.39. The van der Waals surface area contributed by atoms with Gasteiger partial charge in [0.25, 0.3) is 0 Å². The van der Waals surface area contributed by atoms with Crippen molar-refractivity contribution in [3.8, 4) is 17.0 Å². The van der Waals surface area contributed by atoms with Crippen molar-refractivity contribution in [1.82, 2.24) is 25.2 Å². The van der Waals surface area contributed by atoms with Crippen molar-refractivity contribution < 1.29 is 4.74 Å². The van der Waals surface area contributed by atoms with Crippen LogP contribution in [-0.4, -0.2) is 25.2 Å².